The fourth-order valence-electron chi connectivity index (χ4n) is 3.05. The Labute approximate surface area is 150 Å². The van der Waals surface area contributed by atoms with E-state index < -0.39 is 0 Å². The van der Waals surface area contributed by atoms with Gasteiger partial charge in [-0.1, -0.05) is 30.3 Å². The summed E-state index contributed by atoms with van der Waals surface area (Å²) in [7, 11) is 0. The lowest BCUT2D eigenvalue weighted by molar-refractivity contribution is 0.475. The lowest BCUT2D eigenvalue weighted by Gasteiger charge is -2.12. The number of aromatic nitrogens is 2. The summed E-state index contributed by atoms with van der Waals surface area (Å²) in [6, 6.07) is 20.3. The monoisotopic (exact) mass is 338 g/mol. The summed E-state index contributed by atoms with van der Waals surface area (Å²) >= 11 is 0. The normalized spacial score (nSPS) is 10.6. The largest absolute Gasteiger partial charge is 0.508 e. The average Bonchev–Trinajstić information content (AvgIpc) is 2.67. The van der Waals surface area contributed by atoms with E-state index in [0.717, 1.165) is 22.0 Å². The number of nitriles is 1. The average molecular weight is 338 g/mol. The van der Waals surface area contributed by atoms with Gasteiger partial charge in [-0.25, -0.2) is 4.98 Å². The van der Waals surface area contributed by atoms with Crippen LogP contribution in [0.3, 0.4) is 0 Å². The van der Waals surface area contributed by atoms with Gasteiger partial charge in [-0.3, -0.25) is 4.98 Å². The summed E-state index contributed by atoms with van der Waals surface area (Å²) < 4.78 is 0. The van der Waals surface area contributed by atoms with Gasteiger partial charge in [-0.05, 0) is 35.9 Å². The molecule has 0 saturated heterocycles. The smallest absolute Gasteiger partial charge is 0.142 e. The SMILES string of the molecule is N#Cc1c(-c2cccc3ncccc23)cc(-c2cccc(O)c2)nc1N. The Hall–Kier alpha value is -3.91. The number of fused-ring (bicyclic) bond motifs is 1. The van der Waals surface area contributed by atoms with Crippen LogP contribution >= 0.6 is 0 Å². The van der Waals surface area contributed by atoms with Crippen LogP contribution < -0.4 is 5.73 Å². The highest BCUT2D eigenvalue weighted by atomic mass is 16.3. The Balaban J connectivity index is 2.02. The zero-order chi connectivity index (χ0) is 18.1. The molecule has 2 aromatic carbocycles. The van der Waals surface area contributed by atoms with Crippen LogP contribution in [-0.2, 0) is 0 Å². The zero-order valence-corrected chi connectivity index (χ0v) is 13.7. The minimum Gasteiger partial charge on any atom is -0.508 e. The number of nitrogens with zero attached hydrogens (tertiary/aromatic N) is 3. The second-order valence-electron chi connectivity index (χ2n) is 5.85. The fourth-order valence-corrected chi connectivity index (χ4v) is 3.05. The number of aromatic hydroxyl groups is 1. The first-order valence-corrected chi connectivity index (χ1v) is 8.01. The van der Waals surface area contributed by atoms with Gasteiger partial charge in [0.05, 0.1) is 11.2 Å². The van der Waals surface area contributed by atoms with Crippen LogP contribution in [0.5, 0.6) is 5.75 Å². The standard InChI is InChI=1S/C21H14N4O/c22-12-18-17(15-6-2-8-19-16(15)7-3-9-24-19)11-20(25-21(18)23)13-4-1-5-14(26)10-13/h1-11,26H,(H2,23,25). The molecule has 0 saturated carbocycles. The van der Waals surface area contributed by atoms with Crippen LogP contribution in [0.2, 0.25) is 0 Å². The summed E-state index contributed by atoms with van der Waals surface area (Å²) in [6.45, 7) is 0. The molecule has 4 aromatic rings. The van der Waals surface area contributed by atoms with Gasteiger partial charge in [0.1, 0.15) is 23.2 Å². The van der Waals surface area contributed by atoms with Crippen molar-refractivity contribution in [1.29, 1.82) is 5.26 Å². The Morgan fingerprint density at radius 2 is 1.81 bits per heavy atom. The molecular formula is C21H14N4O. The van der Waals surface area contributed by atoms with Gasteiger partial charge in [0.15, 0.2) is 0 Å². The molecule has 2 heterocycles. The third-order valence-corrected chi connectivity index (χ3v) is 4.24. The molecular weight excluding hydrogens is 324 g/mol. The Bertz CT molecular complexity index is 1170. The van der Waals surface area contributed by atoms with E-state index in [0.29, 0.717) is 16.8 Å². The molecule has 3 N–H and O–H groups in total. The van der Waals surface area contributed by atoms with E-state index >= 15 is 0 Å². The van der Waals surface area contributed by atoms with Crippen molar-refractivity contribution in [2.24, 2.45) is 0 Å². The molecule has 0 spiro atoms. The lowest BCUT2D eigenvalue weighted by atomic mass is 9.95. The number of hydrogen-bond donors (Lipinski definition) is 2. The molecule has 26 heavy (non-hydrogen) atoms. The number of benzene rings is 2. The van der Waals surface area contributed by atoms with E-state index in [2.05, 4.69) is 16.0 Å². The van der Waals surface area contributed by atoms with Gasteiger partial charge in [0, 0.05) is 22.7 Å². The van der Waals surface area contributed by atoms with E-state index in [9.17, 15) is 10.4 Å². The summed E-state index contributed by atoms with van der Waals surface area (Å²) in [5, 5.41) is 20.3. The third kappa shape index (κ3) is 2.60. The number of pyridine rings is 2. The summed E-state index contributed by atoms with van der Waals surface area (Å²) in [5.41, 5.74) is 10.1. The summed E-state index contributed by atoms with van der Waals surface area (Å²) in [5.74, 6) is 0.298. The predicted molar refractivity (Wildman–Crippen MR) is 101 cm³/mol. The molecule has 0 aliphatic rings. The predicted octanol–water partition coefficient (Wildman–Crippen LogP) is 4.12. The third-order valence-electron chi connectivity index (χ3n) is 4.24. The molecule has 124 valence electrons. The molecule has 5 nitrogen and oxygen atoms in total. The van der Waals surface area contributed by atoms with Crippen LogP contribution in [0.25, 0.3) is 33.3 Å². The fraction of sp³-hybridized carbons (Fsp3) is 0. The van der Waals surface area contributed by atoms with E-state index in [-0.39, 0.29) is 11.6 Å². The van der Waals surface area contributed by atoms with Crippen LogP contribution in [0.15, 0.2) is 66.9 Å². The number of phenols is 1. The highest BCUT2D eigenvalue weighted by Gasteiger charge is 2.15. The van der Waals surface area contributed by atoms with Gasteiger partial charge < -0.3 is 10.8 Å². The number of nitrogen functional groups attached to an aromatic ring is 1. The maximum atomic E-state index is 9.75. The topological polar surface area (TPSA) is 95.8 Å². The number of hydrogen-bond acceptors (Lipinski definition) is 5. The molecule has 0 aliphatic heterocycles. The Morgan fingerprint density at radius 1 is 0.962 bits per heavy atom. The van der Waals surface area contributed by atoms with Crippen molar-refractivity contribution in [2.45, 2.75) is 0 Å². The van der Waals surface area contributed by atoms with E-state index in [1.54, 1.807) is 24.4 Å². The highest BCUT2D eigenvalue weighted by Crippen LogP contribution is 2.35. The first kappa shape index (κ1) is 15.6. The van der Waals surface area contributed by atoms with Crippen molar-refractivity contribution >= 4 is 16.7 Å². The molecule has 0 bridgehead atoms. The molecule has 4 rings (SSSR count). The highest BCUT2D eigenvalue weighted by molar-refractivity contribution is 5.97. The summed E-state index contributed by atoms with van der Waals surface area (Å²) in [4.78, 5) is 8.72. The number of rotatable bonds is 2. The second-order valence-corrected chi connectivity index (χ2v) is 5.85. The number of nitrogens with two attached hydrogens (primary N) is 1. The molecule has 0 fully saturated rings. The van der Waals surface area contributed by atoms with Crippen molar-refractivity contribution in [3.63, 3.8) is 0 Å². The number of phenolic OH excluding ortho intramolecular Hbond substituents is 1. The van der Waals surface area contributed by atoms with E-state index in [1.807, 2.05) is 42.5 Å². The van der Waals surface area contributed by atoms with Gasteiger partial charge in [0.25, 0.3) is 0 Å². The first-order chi connectivity index (χ1) is 12.7. The van der Waals surface area contributed by atoms with Crippen LogP contribution in [-0.4, -0.2) is 15.1 Å². The summed E-state index contributed by atoms with van der Waals surface area (Å²) in [6.07, 6.45) is 1.73. The zero-order valence-electron chi connectivity index (χ0n) is 13.7. The van der Waals surface area contributed by atoms with Crippen molar-refractivity contribution in [3.8, 4) is 34.2 Å². The van der Waals surface area contributed by atoms with Crippen molar-refractivity contribution in [1.82, 2.24) is 9.97 Å². The number of anilines is 1. The van der Waals surface area contributed by atoms with Gasteiger partial charge >= 0.3 is 0 Å². The molecule has 5 heteroatoms. The van der Waals surface area contributed by atoms with Crippen LogP contribution in [0.1, 0.15) is 5.56 Å². The Morgan fingerprint density at radius 3 is 2.62 bits per heavy atom. The maximum absolute atomic E-state index is 9.75. The van der Waals surface area contributed by atoms with E-state index in [1.165, 1.54) is 0 Å². The Kier molecular flexibility index (Phi) is 3.71. The molecule has 0 atom stereocenters. The molecule has 2 aromatic heterocycles. The second kappa shape index (κ2) is 6.19. The quantitative estimate of drug-likeness (QED) is 0.573. The van der Waals surface area contributed by atoms with Gasteiger partial charge in [-0.2, -0.15) is 5.26 Å². The van der Waals surface area contributed by atoms with Crippen LogP contribution in [0, 0.1) is 11.3 Å². The van der Waals surface area contributed by atoms with Crippen molar-refractivity contribution in [3.05, 3.63) is 72.4 Å². The first-order valence-electron chi connectivity index (χ1n) is 8.01. The maximum Gasteiger partial charge on any atom is 0.142 e. The molecule has 0 radical (unpaired) electrons. The minimum atomic E-state index is 0.142. The van der Waals surface area contributed by atoms with Gasteiger partial charge in [0.2, 0.25) is 0 Å². The van der Waals surface area contributed by atoms with E-state index in [4.69, 9.17) is 5.73 Å². The van der Waals surface area contributed by atoms with Crippen molar-refractivity contribution in [2.75, 3.05) is 5.73 Å². The van der Waals surface area contributed by atoms with Gasteiger partial charge in [-0.15, -0.1) is 0 Å². The lowest BCUT2D eigenvalue weighted by Crippen LogP contribution is -2.00. The van der Waals surface area contributed by atoms with Crippen LogP contribution in [0.4, 0.5) is 5.82 Å². The molecule has 0 amide bonds. The van der Waals surface area contributed by atoms with Crippen molar-refractivity contribution < 1.29 is 5.11 Å². The molecule has 0 unspecified atom stereocenters. The minimum absolute atomic E-state index is 0.142. The molecule has 0 aliphatic carbocycles.